The van der Waals surface area contributed by atoms with Crippen LogP contribution in [-0.4, -0.2) is 46.6 Å². The van der Waals surface area contributed by atoms with Crippen molar-refractivity contribution in [3.8, 4) is 22.5 Å². The van der Waals surface area contributed by atoms with Gasteiger partial charge in [-0.25, -0.2) is 14.6 Å². The maximum atomic E-state index is 13.5. The van der Waals surface area contributed by atoms with Crippen molar-refractivity contribution in [2.45, 2.75) is 39.0 Å². The van der Waals surface area contributed by atoms with Gasteiger partial charge in [0, 0.05) is 29.7 Å². The van der Waals surface area contributed by atoms with Crippen LogP contribution in [0.4, 0.5) is 24.7 Å². The maximum Gasteiger partial charge on any atom is 0.410 e. The number of anilines is 2. The van der Waals surface area contributed by atoms with Crippen molar-refractivity contribution >= 4 is 40.0 Å². The quantitative estimate of drug-likeness (QED) is 0.268. The highest BCUT2D eigenvalue weighted by molar-refractivity contribution is 6.30. The fourth-order valence-corrected chi connectivity index (χ4v) is 4.26. The summed E-state index contributed by atoms with van der Waals surface area (Å²) < 4.78 is 42.8. The molecular weight excluding hydrogens is 575 g/mol. The van der Waals surface area contributed by atoms with E-state index < -0.39 is 23.6 Å². The zero-order valence-electron chi connectivity index (χ0n) is 22.4. The lowest BCUT2D eigenvalue weighted by molar-refractivity contribution is -0.164. The lowest BCUT2D eigenvalue weighted by Gasteiger charge is -2.16. The fraction of sp³-hybridized carbons (Fsp3) is 0.222. The normalized spacial score (nSPS) is 12.6. The smallest absolute Gasteiger partial charge is 0.383 e. The number of nitrogens with one attached hydrogen (secondary N) is 1. The molecule has 0 bridgehead atoms. The molecule has 11 nitrogen and oxygen atoms in total. The van der Waals surface area contributed by atoms with Crippen LogP contribution in [0, 0.1) is 0 Å². The van der Waals surface area contributed by atoms with Crippen molar-refractivity contribution in [3.63, 3.8) is 0 Å². The number of hydrogen-bond acceptors (Lipinski definition) is 8. The number of pyridine rings is 1. The van der Waals surface area contributed by atoms with E-state index in [-0.39, 0.29) is 39.8 Å². The number of rotatable bonds is 6. The van der Waals surface area contributed by atoms with E-state index in [4.69, 9.17) is 17.3 Å². The summed E-state index contributed by atoms with van der Waals surface area (Å²) in [6.45, 7) is 4.65. The molecule has 0 aliphatic heterocycles. The second-order valence-corrected chi connectivity index (χ2v) is 10.1. The molecule has 5 aromatic rings. The summed E-state index contributed by atoms with van der Waals surface area (Å²) in [7, 11) is 0. The average molecular weight is 598 g/mol. The number of halogens is 4. The number of nitrogen functional groups attached to an aromatic ring is 1. The van der Waals surface area contributed by atoms with Crippen LogP contribution < -0.4 is 16.5 Å². The summed E-state index contributed by atoms with van der Waals surface area (Å²) >= 11 is 5.93. The minimum atomic E-state index is -4.58. The Morgan fingerprint density at radius 1 is 1.02 bits per heavy atom. The van der Waals surface area contributed by atoms with Crippen molar-refractivity contribution in [2.24, 2.45) is 0 Å². The number of carbonyl (C=O) groups is 1. The molecule has 1 amide bonds. The van der Waals surface area contributed by atoms with Crippen LogP contribution >= 0.6 is 11.6 Å². The van der Waals surface area contributed by atoms with Crippen molar-refractivity contribution in [2.75, 3.05) is 11.1 Å². The fourth-order valence-electron chi connectivity index (χ4n) is 4.15. The summed E-state index contributed by atoms with van der Waals surface area (Å²) in [6, 6.07) is 7.12. The molecular formula is C27H23ClF3N9O2. The Balaban J connectivity index is 1.48. The van der Waals surface area contributed by atoms with Gasteiger partial charge in [-0.05, 0) is 45.0 Å². The molecule has 1 aromatic carbocycles. The zero-order valence-corrected chi connectivity index (χ0v) is 23.1. The first-order valence-corrected chi connectivity index (χ1v) is 13.0. The minimum Gasteiger partial charge on any atom is -0.383 e. The van der Waals surface area contributed by atoms with Crippen LogP contribution in [0.25, 0.3) is 33.5 Å². The molecule has 3 N–H and O–H groups in total. The van der Waals surface area contributed by atoms with Crippen LogP contribution in [-0.2, 0) is 0 Å². The third-order valence-corrected chi connectivity index (χ3v) is 6.68. The van der Waals surface area contributed by atoms with E-state index in [0.717, 1.165) is 17.9 Å². The van der Waals surface area contributed by atoms with Gasteiger partial charge in [-0.2, -0.15) is 23.4 Å². The molecule has 1 unspecified atom stereocenters. The van der Waals surface area contributed by atoms with E-state index in [2.05, 4.69) is 30.5 Å². The molecule has 42 heavy (non-hydrogen) atoms. The minimum absolute atomic E-state index is 0.0319. The van der Waals surface area contributed by atoms with E-state index in [1.54, 1.807) is 24.3 Å². The molecule has 216 valence electrons. The predicted molar refractivity (Wildman–Crippen MR) is 151 cm³/mol. The Hall–Kier alpha value is -4.85. The predicted octanol–water partition coefficient (Wildman–Crippen LogP) is 5.30. The monoisotopic (exact) mass is 597 g/mol. The molecule has 4 heterocycles. The number of aromatic nitrogens is 7. The summed E-state index contributed by atoms with van der Waals surface area (Å²) in [5.74, 6) is -0.792. The number of alkyl halides is 3. The molecule has 15 heteroatoms. The van der Waals surface area contributed by atoms with Gasteiger partial charge in [-0.15, -0.1) is 0 Å². The number of fused-ring (bicyclic) bond motifs is 1. The molecule has 0 aliphatic rings. The van der Waals surface area contributed by atoms with Crippen molar-refractivity contribution in [1.82, 2.24) is 34.5 Å². The summed E-state index contributed by atoms with van der Waals surface area (Å²) in [6.07, 6.45) is -0.589. The van der Waals surface area contributed by atoms with Gasteiger partial charge in [0.2, 0.25) is 5.43 Å². The Kier molecular flexibility index (Phi) is 7.41. The molecule has 0 aliphatic carbocycles. The van der Waals surface area contributed by atoms with Crippen LogP contribution in [0.1, 0.15) is 43.3 Å². The van der Waals surface area contributed by atoms with E-state index in [1.165, 1.54) is 29.2 Å². The Bertz CT molecular complexity index is 1850. The highest BCUT2D eigenvalue weighted by atomic mass is 35.5. The van der Waals surface area contributed by atoms with Gasteiger partial charge in [0.25, 0.3) is 5.91 Å². The van der Waals surface area contributed by atoms with Gasteiger partial charge in [0.05, 0.1) is 21.7 Å². The van der Waals surface area contributed by atoms with Gasteiger partial charge >= 0.3 is 6.18 Å². The number of hydrogen-bond donors (Lipinski definition) is 2. The summed E-state index contributed by atoms with van der Waals surface area (Å²) in [5, 5.41) is 11.6. The van der Waals surface area contributed by atoms with E-state index in [9.17, 15) is 22.8 Å². The lowest BCUT2D eigenvalue weighted by atomic mass is 10.1. The molecule has 0 spiro atoms. The molecule has 4 aromatic heterocycles. The first-order valence-electron chi connectivity index (χ1n) is 12.6. The highest BCUT2D eigenvalue weighted by Gasteiger charge is 2.39. The van der Waals surface area contributed by atoms with Crippen LogP contribution in [0.3, 0.4) is 0 Å². The molecule has 0 radical (unpaired) electrons. The number of nitrogens with two attached hydrogens (primary N) is 1. The van der Waals surface area contributed by atoms with Gasteiger partial charge < -0.3 is 11.1 Å². The van der Waals surface area contributed by atoms with Crippen molar-refractivity contribution in [3.05, 3.63) is 76.1 Å². The third-order valence-electron chi connectivity index (χ3n) is 6.46. The number of benzene rings is 1. The van der Waals surface area contributed by atoms with Crippen molar-refractivity contribution < 1.29 is 18.0 Å². The highest BCUT2D eigenvalue weighted by Crippen LogP contribution is 2.36. The van der Waals surface area contributed by atoms with E-state index in [0.29, 0.717) is 22.0 Å². The van der Waals surface area contributed by atoms with E-state index >= 15 is 0 Å². The van der Waals surface area contributed by atoms with Crippen LogP contribution in [0.15, 0.2) is 59.9 Å². The SMILES string of the molecule is CC(C)n1cc(-c2ccc(Cl)cn2)c(=O)c(C(=O)Nc2ccc(-c3nn(C(C)C(F)(F)F)c4ncnc(N)c34)cc2)n1. The Morgan fingerprint density at radius 2 is 1.74 bits per heavy atom. The number of amides is 1. The Morgan fingerprint density at radius 3 is 2.36 bits per heavy atom. The molecule has 0 saturated carbocycles. The lowest BCUT2D eigenvalue weighted by Crippen LogP contribution is -2.28. The number of carbonyl (C=O) groups excluding carboxylic acids is 1. The standard InChI is InChI=1S/C27H23ClF3N9O2/c1-13(2)39-11-18(19-9-6-16(28)10-33-19)23(41)22(37-39)26(42)36-17-7-4-15(5-8-17)21-20-24(32)34-12-35-25(20)40(38-21)14(3)27(29,30)31/h4-14H,1-3H3,(H,36,42)(H2,32,34,35). The molecule has 0 saturated heterocycles. The van der Waals surface area contributed by atoms with Gasteiger partial charge in [-0.3, -0.25) is 19.3 Å². The molecule has 0 fully saturated rings. The van der Waals surface area contributed by atoms with E-state index in [1.807, 2.05) is 13.8 Å². The summed E-state index contributed by atoms with van der Waals surface area (Å²) in [4.78, 5) is 38.5. The topological polar surface area (TPSA) is 146 Å². The summed E-state index contributed by atoms with van der Waals surface area (Å²) in [5.41, 5.74) is 6.30. The first-order chi connectivity index (χ1) is 19.8. The largest absolute Gasteiger partial charge is 0.410 e. The molecule has 1 atom stereocenters. The average Bonchev–Trinajstić information content (AvgIpc) is 3.34. The second-order valence-electron chi connectivity index (χ2n) is 9.66. The first kappa shape index (κ1) is 28.7. The van der Waals surface area contributed by atoms with Gasteiger partial charge in [0.15, 0.2) is 11.3 Å². The van der Waals surface area contributed by atoms with Crippen LogP contribution in [0.2, 0.25) is 5.02 Å². The van der Waals surface area contributed by atoms with Gasteiger partial charge in [-0.1, -0.05) is 23.7 Å². The molecule has 5 rings (SSSR count). The van der Waals surface area contributed by atoms with Gasteiger partial charge in [0.1, 0.15) is 23.9 Å². The van der Waals surface area contributed by atoms with Crippen LogP contribution in [0.5, 0.6) is 0 Å². The zero-order chi connectivity index (χ0) is 30.3. The Labute approximate surface area is 241 Å². The maximum absolute atomic E-state index is 13.5. The van der Waals surface area contributed by atoms with Crippen molar-refractivity contribution in [1.29, 1.82) is 0 Å². The number of nitrogens with zero attached hydrogens (tertiary/aromatic N) is 7. The third kappa shape index (κ3) is 5.40. The second kappa shape index (κ2) is 10.9.